The largest absolute Gasteiger partial charge is 0.397 e. The second-order valence-corrected chi connectivity index (χ2v) is 5.86. The van der Waals surface area contributed by atoms with E-state index in [1.807, 2.05) is 13.0 Å². The van der Waals surface area contributed by atoms with Crippen LogP contribution in [0.5, 0.6) is 0 Å². The van der Waals surface area contributed by atoms with Crippen LogP contribution in [-0.4, -0.2) is 11.0 Å². The van der Waals surface area contributed by atoms with E-state index in [1.54, 1.807) is 6.20 Å². The Kier molecular flexibility index (Phi) is 5.01. The van der Waals surface area contributed by atoms with Gasteiger partial charge in [-0.1, -0.05) is 30.3 Å². The molecule has 0 bridgehead atoms. The molecule has 0 fully saturated rings. The van der Waals surface area contributed by atoms with Crippen molar-refractivity contribution in [2.45, 2.75) is 32.7 Å². The Morgan fingerprint density at radius 2 is 2.00 bits per heavy atom. The Morgan fingerprint density at radius 1 is 1.30 bits per heavy atom. The molecule has 0 aliphatic heterocycles. The van der Waals surface area contributed by atoms with Crippen LogP contribution in [0.3, 0.4) is 0 Å². The fraction of sp³-hybridized carbons (Fsp3) is 0.312. The zero-order valence-electron chi connectivity index (χ0n) is 11.9. The molecule has 2 rings (SSSR count). The summed E-state index contributed by atoms with van der Waals surface area (Å²) in [6.45, 7) is 4.16. The molecule has 0 amide bonds. The van der Waals surface area contributed by atoms with Gasteiger partial charge in [-0.2, -0.15) is 0 Å². The van der Waals surface area contributed by atoms with Gasteiger partial charge >= 0.3 is 0 Å². The number of hydrogen-bond donors (Lipinski definition) is 2. The number of rotatable bonds is 5. The van der Waals surface area contributed by atoms with Crippen LogP contribution in [0.25, 0.3) is 0 Å². The molecule has 1 heterocycles. The lowest BCUT2D eigenvalue weighted by Gasteiger charge is -2.17. The van der Waals surface area contributed by atoms with E-state index in [4.69, 9.17) is 5.73 Å². The molecule has 0 saturated heterocycles. The zero-order chi connectivity index (χ0) is 14.5. The maximum Gasteiger partial charge on any atom is 0.140 e. The summed E-state index contributed by atoms with van der Waals surface area (Å²) in [6, 6.07) is 10.9. The molecule has 1 aromatic heterocycles. The third-order valence-electron chi connectivity index (χ3n) is 3.39. The maximum absolute atomic E-state index is 5.83. The van der Waals surface area contributed by atoms with Gasteiger partial charge in [0.25, 0.3) is 0 Å². The van der Waals surface area contributed by atoms with E-state index < -0.39 is 0 Å². The smallest absolute Gasteiger partial charge is 0.140 e. The number of hydrogen-bond acceptors (Lipinski definition) is 3. The average Bonchev–Trinajstić information content (AvgIpc) is 2.47. The van der Waals surface area contributed by atoms with Crippen molar-refractivity contribution >= 4 is 27.4 Å². The minimum Gasteiger partial charge on any atom is -0.397 e. The third-order valence-corrected chi connectivity index (χ3v) is 4.37. The first-order valence-electron chi connectivity index (χ1n) is 6.79. The van der Waals surface area contributed by atoms with Crippen molar-refractivity contribution in [1.82, 2.24) is 4.98 Å². The first-order valence-corrected chi connectivity index (χ1v) is 7.58. The van der Waals surface area contributed by atoms with Gasteiger partial charge < -0.3 is 11.1 Å². The van der Waals surface area contributed by atoms with Crippen molar-refractivity contribution in [3.05, 3.63) is 52.1 Å². The molecule has 1 aromatic carbocycles. The number of nitrogens with two attached hydrogens (primary N) is 1. The molecule has 1 atom stereocenters. The van der Waals surface area contributed by atoms with Crippen LogP contribution in [0.2, 0.25) is 0 Å². The lowest BCUT2D eigenvalue weighted by Crippen LogP contribution is -2.17. The molecule has 2 aromatic rings. The highest BCUT2D eigenvalue weighted by Gasteiger charge is 2.10. The summed E-state index contributed by atoms with van der Waals surface area (Å²) in [4.78, 5) is 4.35. The van der Waals surface area contributed by atoms with Gasteiger partial charge in [-0.15, -0.1) is 0 Å². The molecule has 3 nitrogen and oxygen atoms in total. The van der Waals surface area contributed by atoms with Gasteiger partial charge in [0.1, 0.15) is 5.82 Å². The normalized spacial score (nSPS) is 12.2. The highest BCUT2D eigenvalue weighted by atomic mass is 79.9. The maximum atomic E-state index is 5.83. The van der Waals surface area contributed by atoms with Gasteiger partial charge in [0.2, 0.25) is 0 Å². The quantitative estimate of drug-likeness (QED) is 0.863. The summed E-state index contributed by atoms with van der Waals surface area (Å²) in [5, 5.41) is 3.43. The van der Waals surface area contributed by atoms with Gasteiger partial charge in [0, 0.05) is 6.04 Å². The first-order chi connectivity index (χ1) is 9.58. The fourth-order valence-electron chi connectivity index (χ4n) is 2.03. The van der Waals surface area contributed by atoms with E-state index in [2.05, 4.69) is 57.4 Å². The Bertz CT molecular complexity index is 569. The SMILES string of the molecule is Cc1c(N)cnc(NC(C)CCc2ccccc2)c1Br. The molecule has 0 radical (unpaired) electrons. The number of aromatic nitrogens is 1. The first kappa shape index (κ1) is 14.9. The zero-order valence-corrected chi connectivity index (χ0v) is 13.4. The molecule has 0 aliphatic rings. The van der Waals surface area contributed by atoms with Crippen molar-refractivity contribution in [3.63, 3.8) is 0 Å². The van der Waals surface area contributed by atoms with E-state index in [0.717, 1.165) is 28.7 Å². The third kappa shape index (κ3) is 3.73. The fourth-order valence-corrected chi connectivity index (χ4v) is 2.47. The average molecular weight is 334 g/mol. The van der Waals surface area contributed by atoms with Crippen LogP contribution in [0.4, 0.5) is 11.5 Å². The number of aryl methyl sites for hydroxylation is 1. The van der Waals surface area contributed by atoms with Crippen molar-refractivity contribution in [3.8, 4) is 0 Å². The van der Waals surface area contributed by atoms with Crippen molar-refractivity contribution in [1.29, 1.82) is 0 Å². The molecule has 0 aliphatic carbocycles. The molecule has 1 unspecified atom stereocenters. The van der Waals surface area contributed by atoms with Crippen LogP contribution in [-0.2, 0) is 6.42 Å². The highest BCUT2D eigenvalue weighted by molar-refractivity contribution is 9.10. The predicted octanol–water partition coefficient (Wildman–Crippen LogP) is 4.17. The number of halogens is 1. The minimum absolute atomic E-state index is 0.349. The molecule has 3 N–H and O–H groups in total. The summed E-state index contributed by atoms with van der Waals surface area (Å²) in [5.74, 6) is 0.859. The summed E-state index contributed by atoms with van der Waals surface area (Å²) in [5.41, 5.74) is 8.93. The van der Waals surface area contributed by atoms with Crippen LogP contribution in [0.1, 0.15) is 24.5 Å². The topological polar surface area (TPSA) is 50.9 Å². The van der Waals surface area contributed by atoms with Crippen LogP contribution >= 0.6 is 15.9 Å². The van der Waals surface area contributed by atoms with Crippen molar-refractivity contribution < 1.29 is 0 Å². The number of benzene rings is 1. The molecule has 106 valence electrons. The predicted molar refractivity (Wildman–Crippen MR) is 88.9 cm³/mol. The number of nitrogens with zero attached hydrogens (tertiary/aromatic N) is 1. The highest BCUT2D eigenvalue weighted by Crippen LogP contribution is 2.28. The van der Waals surface area contributed by atoms with E-state index in [1.165, 1.54) is 5.56 Å². The van der Waals surface area contributed by atoms with Crippen LogP contribution < -0.4 is 11.1 Å². The van der Waals surface area contributed by atoms with Gasteiger partial charge in [-0.25, -0.2) is 4.98 Å². The monoisotopic (exact) mass is 333 g/mol. The van der Waals surface area contributed by atoms with Crippen molar-refractivity contribution in [2.24, 2.45) is 0 Å². The Labute approximate surface area is 128 Å². The summed E-state index contributed by atoms with van der Waals surface area (Å²) < 4.78 is 0.948. The number of nitrogens with one attached hydrogen (secondary N) is 1. The second kappa shape index (κ2) is 6.75. The van der Waals surface area contributed by atoms with E-state index in [9.17, 15) is 0 Å². The van der Waals surface area contributed by atoms with Crippen molar-refractivity contribution in [2.75, 3.05) is 11.1 Å². The Hall–Kier alpha value is -1.55. The number of nitrogen functional groups attached to an aromatic ring is 1. The number of pyridine rings is 1. The Balaban J connectivity index is 1.95. The number of anilines is 2. The summed E-state index contributed by atoms with van der Waals surface area (Å²) in [7, 11) is 0. The molecular weight excluding hydrogens is 314 g/mol. The lowest BCUT2D eigenvalue weighted by molar-refractivity contribution is 0.702. The van der Waals surface area contributed by atoms with Crippen LogP contribution in [0, 0.1) is 6.92 Å². The minimum atomic E-state index is 0.349. The lowest BCUT2D eigenvalue weighted by atomic mass is 10.1. The standard InChI is InChI=1S/C16H20BrN3/c1-11(8-9-13-6-4-3-5-7-13)20-16-15(17)12(2)14(18)10-19-16/h3-7,10-11H,8-9,18H2,1-2H3,(H,19,20). The molecule has 0 spiro atoms. The van der Waals surface area contributed by atoms with Gasteiger partial charge in [-0.05, 0) is 53.7 Å². The summed E-state index contributed by atoms with van der Waals surface area (Å²) >= 11 is 3.55. The second-order valence-electron chi connectivity index (χ2n) is 5.07. The molecular formula is C16H20BrN3. The molecule has 20 heavy (non-hydrogen) atoms. The Morgan fingerprint density at radius 3 is 2.70 bits per heavy atom. The van der Waals surface area contributed by atoms with E-state index in [0.29, 0.717) is 11.7 Å². The van der Waals surface area contributed by atoms with E-state index >= 15 is 0 Å². The van der Waals surface area contributed by atoms with Crippen LogP contribution in [0.15, 0.2) is 41.0 Å². The molecule has 0 saturated carbocycles. The van der Waals surface area contributed by atoms with Gasteiger partial charge in [0.05, 0.1) is 16.4 Å². The van der Waals surface area contributed by atoms with Gasteiger partial charge in [-0.3, -0.25) is 0 Å². The summed E-state index contributed by atoms with van der Waals surface area (Å²) in [6.07, 6.45) is 3.81. The van der Waals surface area contributed by atoms with E-state index in [-0.39, 0.29) is 0 Å². The molecule has 4 heteroatoms. The van der Waals surface area contributed by atoms with Gasteiger partial charge in [0.15, 0.2) is 0 Å².